The minimum Gasteiger partial charge on any atom is -0.481 e. The van der Waals surface area contributed by atoms with Crippen molar-refractivity contribution in [3.8, 4) is 0 Å². The highest BCUT2D eigenvalue weighted by Crippen LogP contribution is 2.34. The summed E-state index contributed by atoms with van der Waals surface area (Å²) in [7, 11) is 2.01. The number of carbonyl (C=O) groups is 1. The number of carboxylic acids is 1. The lowest BCUT2D eigenvalue weighted by Crippen LogP contribution is -2.43. The van der Waals surface area contributed by atoms with Crippen molar-refractivity contribution in [1.29, 1.82) is 0 Å². The highest BCUT2D eigenvalue weighted by atomic mass is 16.5. The molecular formula is C10H17NO3. The Bertz CT molecular complexity index is 232. The first-order valence-corrected chi connectivity index (χ1v) is 5.15. The van der Waals surface area contributed by atoms with Crippen LogP contribution in [0.15, 0.2) is 0 Å². The van der Waals surface area contributed by atoms with Gasteiger partial charge in [-0.2, -0.15) is 0 Å². The van der Waals surface area contributed by atoms with E-state index in [1.807, 2.05) is 7.05 Å². The number of ether oxygens (including phenoxy) is 1. The molecule has 1 saturated heterocycles. The summed E-state index contributed by atoms with van der Waals surface area (Å²) in [5.74, 6) is -0.706. The largest absolute Gasteiger partial charge is 0.481 e. The average molecular weight is 199 g/mol. The van der Waals surface area contributed by atoms with Crippen LogP contribution in [0.4, 0.5) is 0 Å². The molecule has 4 nitrogen and oxygen atoms in total. The van der Waals surface area contributed by atoms with Crippen LogP contribution in [0.3, 0.4) is 0 Å². The van der Waals surface area contributed by atoms with Crippen LogP contribution in [0.1, 0.15) is 19.3 Å². The molecule has 4 heteroatoms. The Labute approximate surface area is 83.8 Å². The molecule has 1 saturated carbocycles. The van der Waals surface area contributed by atoms with Crippen molar-refractivity contribution >= 4 is 5.97 Å². The summed E-state index contributed by atoms with van der Waals surface area (Å²) in [5.41, 5.74) is -0.642. The fourth-order valence-corrected chi connectivity index (χ4v) is 2.09. The third kappa shape index (κ3) is 1.77. The van der Waals surface area contributed by atoms with Crippen LogP contribution in [0, 0.1) is 5.41 Å². The molecule has 2 fully saturated rings. The van der Waals surface area contributed by atoms with Crippen molar-refractivity contribution in [3.05, 3.63) is 0 Å². The van der Waals surface area contributed by atoms with Gasteiger partial charge in [-0.1, -0.05) is 0 Å². The summed E-state index contributed by atoms with van der Waals surface area (Å²) in [5, 5.41) is 9.21. The van der Waals surface area contributed by atoms with Crippen LogP contribution in [0.2, 0.25) is 0 Å². The summed E-state index contributed by atoms with van der Waals surface area (Å²) in [6.45, 7) is 1.59. The van der Waals surface area contributed by atoms with Gasteiger partial charge in [0.2, 0.25) is 0 Å². The molecule has 1 atom stereocenters. The number of aliphatic carboxylic acids is 1. The molecule has 1 N–H and O–H groups in total. The summed E-state index contributed by atoms with van der Waals surface area (Å²) in [6.07, 6.45) is 3.08. The molecule has 2 aliphatic rings. The molecule has 2 rings (SSSR count). The Hall–Kier alpha value is -0.610. The zero-order valence-electron chi connectivity index (χ0n) is 8.53. The number of hydrogen-bond donors (Lipinski definition) is 1. The van der Waals surface area contributed by atoms with Gasteiger partial charge in [0.25, 0.3) is 0 Å². The smallest absolute Gasteiger partial charge is 0.313 e. The monoisotopic (exact) mass is 199 g/mol. The number of rotatable bonds is 4. The standard InChI is InChI=1S/C10H17NO3/c1-11(8-2-3-8)6-10(9(12)13)4-5-14-7-10/h8H,2-7H2,1H3,(H,12,13). The fourth-order valence-electron chi connectivity index (χ4n) is 2.09. The van der Waals surface area contributed by atoms with Crippen molar-refractivity contribution in [2.75, 3.05) is 26.8 Å². The summed E-state index contributed by atoms with van der Waals surface area (Å²) in [4.78, 5) is 13.4. The molecule has 1 aliphatic heterocycles. The van der Waals surface area contributed by atoms with Crippen molar-refractivity contribution in [2.24, 2.45) is 5.41 Å². The summed E-state index contributed by atoms with van der Waals surface area (Å²) < 4.78 is 5.22. The van der Waals surface area contributed by atoms with Crippen LogP contribution in [-0.4, -0.2) is 48.8 Å². The second kappa shape index (κ2) is 3.51. The van der Waals surface area contributed by atoms with E-state index < -0.39 is 11.4 Å². The summed E-state index contributed by atoms with van der Waals surface area (Å²) in [6, 6.07) is 0.617. The fraction of sp³-hybridized carbons (Fsp3) is 0.900. The quantitative estimate of drug-likeness (QED) is 0.719. The molecule has 1 heterocycles. The molecule has 0 spiro atoms. The van der Waals surface area contributed by atoms with Gasteiger partial charge in [-0.3, -0.25) is 4.79 Å². The van der Waals surface area contributed by atoms with Gasteiger partial charge < -0.3 is 14.7 Å². The molecule has 0 aromatic heterocycles. The molecule has 0 aromatic rings. The molecule has 0 aromatic carbocycles. The minimum absolute atomic E-state index is 0.374. The van der Waals surface area contributed by atoms with Gasteiger partial charge >= 0.3 is 5.97 Å². The normalized spacial score (nSPS) is 32.4. The van der Waals surface area contributed by atoms with Gasteiger partial charge in [0, 0.05) is 19.2 Å². The maximum absolute atomic E-state index is 11.2. The second-order valence-corrected chi connectivity index (χ2v) is 4.53. The molecule has 1 aliphatic carbocycles. The van der Waals surface area contributed by atoms with E-state index in [1.54, 1.807) is 0 Å². The maximum atomic E-state index is 11.2. The zero-order chi connectivity index (χ0) is 10.2. The van der Waals surface area contributed by atoms with Crippen LogP contribution in [0.5, 0.6) is 0 Å². The lowest BCUT2D eigenvalue weighted by molar-refractivity contribution is -0.150. The average Bonchev–Trinajstić information content (AvgIpc) is 2.88. The molecule has 0 radical (unpaired) electrons. The maximum Gasteiger partial charge on any atom is 0.313 e. The number of nitrogens with zero attached hydrogens (tertiary/aromatic N) is 1. The molecule has 0 amide bonds. The van der Waals surface area contributed by atoms with E-state index in [2.05, 4.69) is 4.90 Å². The van der Waals surface area contributed by atoms with E-state index in [0.29, 0.717) is 32.2 Å². The van der Waals surface area contributed by atoms with Crippen LogP contribution >= 0.6 is 0 Å². The van der Waals surface area contributed by atoms with Crippen molar-refractivity contribution in [2.45, 2.75) is 25.3 Å². The van der Waals surface area contributed by atoms with Gasteiger partial charge in [-0.25, -0.2) is 0 Å². The van der Waals surface area contributed by atoms with Crippen LogP contribution in [-0.2, 0) is 9.53 Å². The molecule has 14 heavy (non-hydrogen) atoms. The van der Waals surface area contributed by atoms with Gasteiger partial charge in [-0.15, -0.1) is 0 Å². The highest BCUT2D eigenvalue weighted by molar-refractivity contribution is 5.75. The molecule has 80 valence electrons. The Balaban J connectivity index is 1.99. The zero-order valence-corrected chi connectivity index (χ0v) is 8.53. The summed E-state index contributed by atoms with van der Waals surface area (Å²) >= 11 is 0. The molecule has 0 bridgehead atoms. The lowest BCUT2D eigenvalue weighted by Gasteiger charge is -2.28. The van der Waals surface area contributed by atoms with Crippen molar-refractivity contribution in [3.63, 3.8) is 0 Å². The van der Waals surface area contributed by atoms with E-state index in [1.165, 1.54) is 12.8 Å². The van der Waals surface area contributed by atoms with E-state index in [4.69, 9.17) is 4.74 Å². The number of hydrogen-bond acceptors (Lipinski definition) is 3. The van der Waals surface area contributed by atoms with Crippen LogP contribution in [0.25, 0.3) is 0 Å². The van der Waals surface area contributed by atoms with Gasteiger partial charge in [0.15, 0.2) is 0 Å². The Morgan fingerprint density at radius 3 is 2.79 bits per heavy atom. The third-order valence-electron chi connectivity index (χ3n) is 3.28. The topological polar surface area (TPSA) is 49.8 Å². The first-order chi connectivity index (χ1) is 6.64. The van der Waals surface area contributed by atoms with E-state index in [0.717, 1.165) is 0 Å². The predicted molar refractivity (Wildman–Crippen MR) is 51.2 cm³/mol. The number of carboxylic acid groups (broad SMARTS) is 1. The van der Waals surface area contributed by atoms with E-state index in [-0.39, 0.29) is 0 Å². The van der Waals surface area contributed by atoms with Gasteiger partial charge in [0.1, 0.15) is 5.41 Å². The predicted octanol–water partition coefficient (Wildman–Crippen LogP) is 0.572. The van der Waals surface area contributed by atoms with E-state index >= 15 is 0 Å². The van der Waals surface area contributed by atoms with Crippen molar-refractivity contribution in [1.82, 2.24) is 4.90 Å². The minimum atomic E-state index is -0.706. The second-order valence-electron chi connectivity index (χ2n) is 4.53. The van der Waals surface area contributed by atoms with E-state index in [9.17, 15) is 9.90 Å². The highest BCUT2D eigenvalue weighted by Gasteiger charge is 2.45. The third-order valence-corrected chi connectivity index (χ3v) is 3.28. The SMILES string of the molecule is CN(CC1(C(=O)O)CCOC1)C1CC1. The van der Waals surface area contributed by atoms with Gasteiger partial charge in [0.05, 0.1) is 6.61 Å². The van der Waals surface area contributed by atoms with Gasteiger partial charge in [-0.05, 0) is 26.3 Å². The Morgan fingerprint density at radius 2 is 2.36 bits per heavy atom. The Morgan fingerprint density at radius 1 is 1.64 bits per heavy atom. The Kier molecular flexibility index (Phi) is 2.49. The first-order valence-electron chi connectivity index (χ1n) is 5.15. The van der Waals surface area contributed by atoms with Crippen molar-refractivity contribution < 1.29 is 14.6 Å². The molecular weight excluding hydrogens is 182 g/mol. The molecule has 1 unspecified atom stereocenters. The lowest BCUT2D eigenvalue weighted by atomic mass is 9.87. The first kappa shape index (κ1) is 9.93. The van der Waals surface area contributed by atoms with Crippen LogP contribution < -0.4 is 0 Å².